The first kappa shape index (κ1) is 14.3. The summed E-state index contributed by atoms with van der Waals surface area (Å²) in [6.45, 7) is 3.82. The predicted octanol–water partition coefficient (Wildman–Crippen LogP) is 4.28. The van der Waals surface area contributed by atoms with Gasteiger partial charge in [-0.3, -0.25) is 4.98 Å². The third-order valence-electron chi connectivity index (χ3n) is 2.91. The summed E-state index contributed by atoms with van der Waals surface area (Å²) in [5, 5.41) is 11.5. The first-order chi connectivity index (χ1) is 8.95. The van der Waals surface area contributed by atoms with E-state index in [-0.39, 0.29) is 0 Å². The Hall–Kier alpha value is -1.09. The van der Waals surface area contributed by atoms with Crippen molar-refractivity contribution in [3.63, 3.8) is 0 Å². The fraction of sp³-hybridized carbons (Fsp3) is 0.267. The van der Waals surface area contributed by atoms with Crippen molar-refractivity contribution in [1.82, 2.24) is 4.98 Å². The van der Waals surface area contributed by atoms with Crippen LogP contribution in [0.3, 0.4) is 0 Å². The number of aliphatic hydroxyl groups excluding tert-OH is 1. The largest absolute Gasteiger partial charge is 0.388 e. The molecule has 1 aromatic carbocycles. The van der Waals surface area contributed by atoms with Crippen LogP contribution < -0.4 is 0 Å². The SMILES string of the molecule is Cc1cc(C(O)Cc2cc(Cl)ccc2Cl)cc(C)n1. The molecule has 2 nitrogen and oxygen atoms in total. The minimum absolute atomic E-state index is 0.433. The third kappa shape index (κ3) is 3.69. The van der Waals surface area contributed by atoms with Crippen molar-refractivity contribution in [1.29, 1.82) is 0 Å². The number of benzene rings is 1. The van der Waals surface area contributed by atoms with Gasteiger partial charge in [-0.1, -0.05) is 23.2 Å². The first-order valence-corrected chi connectivity index (χ1v) is 6.78. The molecule has 1 heterocycles. The summed E-state index contributed by atoms with van der Waals surface area (Å²) in [6, 6.07) is 9.04. The Morgan fingerprint density at radius 1 is 1.11 bits per heavy atom. The lowest BCUT2D eigenvalue weighted by molar-refractivity contribution is 0.178. The van der Waals surface area contributed by atoms with E-state index in [0.717, 1.165) is 22.5 Å². The monoisotopic (exact) mass is 295 g/mol. The molecule has 1 atom stereocenters. The quantitative estimate of drug-likeness (QED) is 0.917. The zero-order valence-corrected chi connectivity index (χ0v) is 12.3. The molecule has 1 N–H and O–H groups in total. The van der Waals surface area contributed by atoms with E-state index in [4.69, 9.17) is 23.2 Å². The minimum atomic E-state index is -0.614. The number of rotatable bonds is 3. The zero-order chi connectivity index (χ0) is 14.0. The van der Waals surface area contributed by atoms with Gasteiger partial charge in [-0.05, 0) is 55.3 Å². The molecule has 19 heavy (non-hydrogen) atoms. The van der Waals surface area contributed by atoms with Gasteiger partial charge >= 0.3 is 0 Å². The van der Waals surface area contributed by atoms with Crippen molar-refractivity contribution in [2.24, 2.45) is 0 Å². The normalized spacial score (nSPS) is 12.5. The highest BCUT2D eigenvalue weighted by Crippen LogP contribution is 2.26. The lowest BCUT2D eigenvalue weighted by Gasteiger charge is -2.13. The Balaban J connectivity index is 2.25. The number of aryl methyl sites for hydroxylation is 2. The molecule has 0 bridgehead atoms. The Labute approximate surface area is 123 Å². The van der Waals surface area contributed by atoms with Crippen molar-refractivity contribution in [2.45, 2.75) is 26.4 Å². The predicted molar refractivity (Wildman–Crippen MR) is 78.8 cm³/mol. The maximum absolute atomic E-state index is 10.3. The van der Waals surface area contributed by atoms with E-state index in [1.54, 1.807) is 18.2 Å². The minimum Gasteiger partial charge on any atom is -0.388 e. The van der Waals surface area contributed by atoms with Crippen LogP contribution in [0.15, 0.2) is 30.3 Å². The molecular formula is C15H15Cl2NO. The Morgan fingerprint density at radius 3 is 2.37 bits per heavy atom. The average Bonchev–Trinajstić information content (AvgIpc) is 2.32. The fourth-order valence-electron chi connectivity index (χ4n) is 2.09. The molecule has 0 saturated carbocycles. The van der Waals surface area contributed by atoms with Crippen LogP contribution >= 0.6 is 23.2 Å². The summed E-state index contributed by atoms with van der Waals surface area (Å²) in [7, 11) is 0. The van der Waals surface area contributed by atoms with Crippen LogP contribution in [-0.4, -0.2) is 10.1 Å². The summed E-state index contributed by atoms with van der Waals surface area (Å²) in [6.07, 6.45) is -0.182. The molecule has 100 valence electrons. The summed E-state index contributed by atoms with van der Waals surface area (Å²) < 4.78 is 0. The molecule has 0 fully saturated rings. The van der Waals surface area contributed by atoms with Crippen molar-refractivity contribution in [3.8, 4) is 0 Å². The lowest BCUT2D eigenvalue weighted by Crippen LogP contribution is -2.04. The number of aromatic nitrogens is 1. The van der Waals surface area contributed by atoms with E-state index in [1.807, 2.05) is 26.0 Å². The first-order valence-electron chi connectivity index (χ1n) is 6.03. The highest BCUT2D eigenvalue weighted by Gasteiger charge is 2.12. The molecule has 2 rings (SSSR count). The van der Waals surface area contributed by atoms with Crippen LogP contribution in [0.25, 0.3) is 0 Å². The number of pyridine rings is 1. The van der Waals surface area contributed by atoms with Crippen molar-refractivity contribution < 1.29 is 5.11 Å². The van der Waals surface area contributed by atoms with Crippen molar-refractivity contribution >= 4 is 23.2 Å². The molecule has 2 aromatic rings. The van der Waals surface area contributed by atoms with E-state index >= 15 is 0 Å². The van der Waals surface area contributed by atoms with Gasteiger partial charge in [0.25, 0.3) is 0 Å². The molecule has 0 aliphatic rings. The molecular weight excluding hydrogens is 281 g/mol. The fourth-order valence-corrected chi connectivity index (χ4v) is 2.47. The Kier molecular flexibility index (Phi) is 4.46. The molecule has 0 radical (unpaired) electrons. The smallest absolute Gasteiger partial charge is 0.0832 e. The Morgan fingerprint density at radius 2 is 1.74 bits per heavy atom. The van der Waals surface area contributed by atoms with Crippen LogP contribution in [-0.2, 0) is 6.42 Å². The van der Waals surface area contributed by atoms with E-state index in [9.17, 15) is 5.11 Å². The van der Waals surface area contributed by atoms with Gasteiger partial charge in [-0.25, -0.2) is 0 Å². The second-order valence-electron chi connectivity index (χ2n) is 4.64. The highest BCUT2D eigenvalue weighted by molar-refractivity contribution is 6.33. The van der Waals surface area contributed by atoms with Crippen LogP contribution in [0.2, 0.25) is 10.0 Å². The van der Waals surface area contributed by atoms with E-state index in [1.165, 1.54) is 0 Å². The van der Waals surface area contributed by atoms with Crippen LogP contribution in [0.5, 0.6) is 0 Å². The molecule has 0 saturated heterocycles. The zero-order valence-electron chi connectivity index (χ0n) is 10.8. The highest BCUT2D eigenvalue weighted by atomic mass is 35.5. The topological polar surface area (TPSA) is 33.1 Å². The van der Waals surface area contributed by atoms with Crippen LogP contribution in [0, 0.1) is 13.8 Å². The third-order valence-corrected chi connectivity index (χ3v) is 3.51. The Bertz CT molecular complexity index is 578. The van der Waals surface area contributed by atoms with Gasteiger partial charge in [0.15, 0.2) is 0 Å². The molecule has 0 aliphatic carbocycles. The van der Waals surface area contributed by atoms with Crippen molar-refractivity contribution in [2.75, 3.05) is 0 Å². The summed E-state index contributed by atoms with van der Waals surface area (Å²) >= 11 is 12.1. The molecule has 4 heteroatoms. The number of hydrogen-bond donors (Lipinski definition) is 1. The van der Waals surface area contributed by atoms with E-state index in [2.05, 4.69) is 4.98 Å². The number of hydrogen-bond acceptors (Lipinski definition) is 2. The second kappa shape index (κ2) is 5.91. The maximum atomic E-state index is 10.3. The summed E-state index contributed by atoms with van der Waals surface area (Å²) in [5.41, 5.74) is 3.48. The summed E-state index contributed by atoms with van der Waals surface area (Å²) in [4.78, 5) is 4.30. The molecule has 0 aliphatic heterocycles. The maximum Gasteiger partial charge on any atom is 0.0832 e. The standard InChI is InChI=1S/C15H15Cl2NO/c1-9-5-12(6-10(2)18-9)15(19)8-11-7-13(16)3-4-14(11)17/h3-7,15,19H,8H2,1-2H3. The van der Waals surface area contributed by atoms with Gasteiger partial charge in [-0.15, -0.1) is 0 Å². The summed E-state index contributed by atoms with van der Waals surface area (Å²) in [5.74, 6) is 0. The molecule has 0 spiro atoms. The van der Waals surface area contributed by atoms with Gasteiger partial charge in [-0.2, -0.15) is 0 Å². The lowest BCUT2D eigenvalue weighted by atomic mass is 10.0. The molecule has 1 aromatic heterocycles. The average molecular weight is 296 g/mol. The van der Waals surface area contributed by atoms with Crippen LogP contribution in [0.4, 0.5) is 0 Å². The second-order valence-corrected chi connectivity index (χ2v) is 5.48. The molecule has 0 amide bonds. The van der Waals surface area contributed by atoms with Gasteiger partial charge in [0.2, 0.25) is 0 Å². The van der Waals surface area contributed by atoms with E-state index < -0.39 is 6.10 Å². The van der Waals surface area contributed by atoms with Crippen LogP contribution in [0.1, 0.15) is 28.6 Å². The van der Waals surface area contributed by atoms with Crippen molar-refractivity contribution in [3.05, 3.63) is 62.9 Å². The van der Waals surface area contributed by atoms with Gasteiger partial charge < -0.3 is 5.11 Å². The number of aliphatic hydroxyl groups is 1. The van der Waals surface area contributed by atoms with E-state index in [0.29, 0.717) is 16.5 Å². The number of halogens is 2. The molecule has 1 unspecified atom stereocenters. The van der Waals surface area contributed by atoms with Gasteiger partial charge in [0.1, 0.15) is 0 Å². The number of nitrogens with zero attached hydrogens (tertiary/aromatic N) is 1. The van der Waals surface area contributed by atoms with Gasteiger partial charge in [0, 0.05) is 27.9 Å². The van der Waals surface area contributed by atoms with Gasteiger partial charge in [0.05, 0.1) is 6.10 Å².